The molecule has 0 aromatic heterocycles. The monoisotopic (exact) mass is 558 g/mol. The molecule has 1 aromatic rings. The van der Waals surface area contributed by atoms with E-state index < -0.39 is 54.9 Å². The van der Waals surface area contributed by atoms with Gasteiger partial charge in [-0.25, -0.2) is 4.39 Å². The fourth-order valence-electron chi connectivity index (χ4n) is 3.00. The predicted molar refractivity (Wildman–Crippen MR) is 132 cm³/mol. The molecule has 8 N–H and O–H groups in total. The Balaban J connectivity index is 2.84. The van der Waals surface area contributed by atoms with Crippen molar-refractivity contribution in [1.82, 2.24) is 16.0 Å². The molecule has 0 saturated heterocycles. The zero-order valence-electron chi connectivity index (χ0n) is 19.6. The Morgan fingerprint density at radius 2 is 1.63 bits per heavy atom. The van der Waals surface area contributed by atoms with Crippen LogP contribution in [0.4, 0.5) is 4.39 Å². The molecule has 0 aliphatic heterocycles. The first-order valence-electron chi connectivity index (χ1n) is 10.9. The van der Waals surface area contributed by atoms with Crippen LogP contribution >= 0.6 is 15.9 Å². The number of benzene rings is 1. The second-order valence-corrected chi connectivity index (χ2v) is 8.97. The highest BCUT2D eigenvalue weighted by Gasteiger charge is 2.30. The summed E-state index contributed by atoms with van der Waals surface area (Å²) < 4.78 is 13.7. The van der Waals surface area contributed by atoms with Gasteiger partial charge in [-0.05, 0) is 43.0 Å². The molecule has 0 radical (unpaired) electrons. The van der Waals surface area contributed by atoms with Crippen LogP contribution in [0.3, 0.4) is 0 Å². The molecule has 194 valence electrons. The van der Waals surface area contributed by atoms with Gasteiger partial charge in [-0.15, -0.1) is 0 Å². The SMILES string of the molecule is CC(C)[C@H](NC(=O)c1ccc(Br)cc1)C(=O)NC(CO)C(=O)N[C@@H](CCCN=C(N)N)C(=O)CF. The first-order chi connectivity index (χ1) is 16.5. The predicted octanol–water partition coefficient (Wildman–Crippen LogP) is -0.242. The number of nitrogens with zero attached hydrogens (tertiary/aromatic N) is 1. The van der Waals surface area contributed by atoms with Gasteiger partial charge in [0.1, 0.15) is 18.8 Å². The van der Waals surface area contributed by atoms with Crippen LogP contribution in [0.15, 0.2) is 33.7 Å². The molecule has 1 unspecified atom stereocenters. The molecule has 0 saturated carbocycles. The lowest BCUT2D eigenvalue weighted by Crippen LogP contribution is -2.58. The van der Waals surface area contributed by atoms with Gasteiger partial charge in [0.05, 0.1) is 12.6 Å². The average molecular weight is 559 g/mol. The van der Waals surface area contributed by atoms with Crippen LogP contribution in [0.1, 0.15) is 37.0 Å². The average Bonchev–Trinajstić information content (AvgIpc) is 2.81. The van der Waals surface area contributed by atoms with Crippen LogP contribution in [0.5, 0.6) is 0 Å². The minimum atomic E-state index is -1.43. The van der Waals surface area contributed by atoms with Gasteiger partial charge in [-0.3, -0.25) is 24.2 Å². The number of guanidine groups is 1. The van der Waals surface area contributed by atoms with E-state index in [9.17, 15) is 28.7 Å². The molecule has 3 atom stereocenters. The fraction of sp³-hybridized carbons (Fsp3) is 0.500. The van der Waals surface area contributed by atoms with Crippen molar-refractivity contribution in [3.05, 3.63) is 34.3 Å². The Morgan fingerprint density at radius 3 is 2.14 bits per heavy atom. The van der Waals surface area contributed by atoms with E-state index in [0.717, 1.165) is 4.47 Å². The van der Waals surface area contributed by atoms with Crippen molar-refractivity contribution in [3.8, 4) is 0 Å². The smallest absolute Gasteiger partial charge is 0.251 e. The third-order valence-electron chi connectivity index (χ3n) is 4.94. The van der Waals surface area contributed by atoms with Crippen LogP contribution in [-0.4, -0.2) is 72.5 Å². The van der Waals surface area contributed by atoms with Gasteiger partial charge in [0, 0.05) is 16.6 Å². The number of Topliss-reactive ketones (excluding diaryl/α,β-unsaturated/α-hetero) is 1. The molecule has 0 bridgehead atoms. The number of hydrogen-bond donors (Lipinski definition) is 6. The van der Waals surface area contributed by atoms with Crippen molar-refractivity contribution in [3.63, 3.8) is 0 Å². The van der Waals surface area contributed by atoms with E-state index in [0.29, 0.717) is 5.56 Å². The Kier molecular flexibility index (Phi) is 12.9. The number of carbonyl (C=O) groups excluding carboxylic acids is 4. The maximum atomic E-state index is 13.0. The lowest BCUT2D eigenvalue weighted by molar-refractivity contribution is -0.133. The molecule has 3 amide bonds. The van der Waals surface area contributed by atoms with Crippen molar-refractivity contribution in [2.75, 3.05) is 19.8 Å². The number of nitrogens with two attached hydrogens (primary N) is 2. The maximum Gasteiger partial charge on any atom is 0.251 e. The van der Waals surface area contributed by atoms with Crippen LogP contribution < -0.4 is 27.4 Å². The highest BCUT2D eigenvalue weighted by atomic mass is 79.9. The number of aliphatic imine (C=N–C) groups is 1. The van der Waals surface area contributed by atoms with E-state index in [1.54, 1.807) is 38.1 Å². The van der Waals surface area contributed by atoms with Gasteiger partial charge in [-0.1, -0.05) is 29.8 Å². The van der Waals surface area contributed by atoms with Crippen molar-refractivity contribution in [1.29, 1.82) is 0 Å². The van der Waals surface area contributed by atoms with Crippen LogP contribution in [0, 0.1) is 5.92 Å². The summed E-state index contributed by atoms with van der Waals surface area (Å²) in [7, 11) is 0. The molecule has 11 nitrogen and oxygen atoms in total. The summed E-state index contributed by atoms with van der Waals surface area (Å²) in [6.07, 6.45) is 0.331. The number of alkyl halides is 1. The number of rotatable bonds is 14. The van der Waals surface area contributed by atoms with E-state index in [-0.39, 0.29) is 31.3 Å². The normalized spacial score (nSPS) is 13.3. The van der Waals surface area contributed by atoms with Gasteiger partial charge in [-0.2, -0.15) is 0 Å². The summed E-state index contributed by atoms with van der Waals surface area (Å²) in [6.45, 7) is 1.48. The van der Waals surface area contributed by atoms with Gasteiger partial charge < -0.3 is 32.5 Å². The molecular formula is C22H32BrFN6O5. The van der Waals surface area contributed by atoms with Crippen molar-refractivity contribution < 1.29 is 28.7 Å². The molecular weight excluding hydrogens is 527 g/mol. The summed E-state index contributed by atoms with van der Waals surface area (Å²) >= 11 is 3.28. The Labute approximate surface area is 211 Å². The first-order valence-corrected chi connectivity index (χ1v) is 11.7. The molecule has 13 heteroatoms. The number of hydrogen-bond acceptors (Lipinski definition) is 6. The van der Waals surface area contributed by atoms with Crippen molar-refractivity contribution >= 4 is 45.4 Å². The van der Waals surface area contributed by atoms with Gasteiger partial charge >= 0.3 is 0 Å². The quantitative estimate of drug-likeness (QED) is 0.103. The summed E-state index contributed by atoms with van der Waals surface area (Å²) in [6, 6.07) is 2.87. The van der Waals surface area contributed by atoms with E-state index >= 15 is 0 Å². The van der Waals surface area contributed by atoms with Gasteiger partial charge in [0.2, 0.25) is 11.8 Å². The van der Waals surface area contributed by atoms with Crippen molar-refractivity contribution in [2.24, 2.45) is 22.4 Å². The molecule has 0 spiro atoms. The summed E-state index contributed by atoms with van der Waals surface area (Å²) in [5, 5.41) is 17.0. The number of ketones is 1. The second kappa shape index (κ2) is 15.0. The zero-order valence-corrected chi connectivity index (χ0v) is 21.2. The summed E-state index contributed by atoms with van der Waals surface area (Å²) in [5.41, 5.74) is 10.8. The van der Waals surface area contributed by atoms with E-state index in [2.05, 4.69) is 36.9 Å². The number of amides is 3. The Bertz CT molecular complexity index is 908. The van der Waals surface area contributed by atoms with Crippen LogP contribution in [0.2, 0.25) is 0 Å². The van der Waals surface area contributed by atoms with Crippen molar-refractivity contribution in [2.45, 2.75) is 44.8 Å². The number of halogens is 2. The lowest BCUT2D eigenvalue weighted by atomic mass is 10.0. The minimum Gasteiger partial charge on any atom is -0.394 e. The summed E-state index contributed by atoms with van der Waals surface area (Å²) in [5.74, 6) is -3.44. The molecule has 0 aliphatic carbocycles. The topological polar surface area (TPSA) is 189 Å². The highest BCUT2D eigenvalue weighted by molar-refractivity contribution is 9.10. The van der Waals surface area contributed by atoms with E-state index in [1.165, 1.54) is 0 Å². The third kappa shape index (κ3) is 10.4. The number of carbonyl (C=O) groups is 4. The Morgan fingerprint density at radius 1 is 1.03 bits per heavy atom. The van der Waals surface area contributed by atoms with Gasteiger partial charge in [0.15, 0.2) is 11.7 Å². The van der Waals surface area contributed by atoms with Gasteiger partial charge in [0.25, 0.3) is 5.91 Å². The zero-order chi connectivity index (χ0) is 26.5. The lowest BCUT2D eigenvalue weighted by Gasteiger charge is -2.25. The molecule has 0 heterocycles. The maximum absolute atomic E-state index is 13.0. The largest absolute Gasteiger partial charge is 0.394 e. The highest BCUT2D eigenvalue weighted by Crippen LogP contribution is 2.12. The van der Waals surface area contributed by atoms with E-state index in [1.807, 2.05) is 0 Å². The van der Waals surface area contributed by atoms with E-state index in [4.69, 9.17) is 11.5 Å². The summed E-state index contributed by atoms with van der Waals surface area (Å²) in [4.78, 5) is 53.7. The Hall–Kier alpha value is -3.06. The minimum absolute atomic E-state index is 0.0508. The fourth-order valence-corrected chi connectivity index (χ4v) is 3.26. The number of aliphatic hydroxyl groups is 1. The number of nitrogens with one attached hydrogen (secondary N) is 3. The van der Waals surface area contributed by atoms with Crippen LogP contribution in [-0.2, 0) is 14.4 Å². The third-order valence-corrected chi connectivity index (χ3v) is 5.47. The van der Waals surface area contributed by atoms with Crippen LogP contribution in [0.25, 0.3) is 0 Å². The molecule has 0 aliphatic rings. The molecule has 1 aromatic carbocycles. The second-order valence-electron chi connectivity index (χ2n) is 8.06. The molecule has 0 fully saturated rings. The standard InChI is InChI=1S/C22H32BrFN6O5/c1-12(2)18(30-19(33)13-5-7-14(23)8-6-13)21(35)29-16(11-31)20(34)28-15(17(32)10-24)4-3-9-27-22(25)26/h5-8,12,15-16,18,31H,3-4,9-11H2,1-2H3,(H,28,34)(H,29,35)(H,30,33)(H4,25,26,27)/t15-,16?,18-/m0/s1. The number of aliphatic hydroxyl groups excluding tert-OH is 1. The molecule has 35 heavy (non-hydrogen) atoms. The molecule has 1 rings (SSSR count). The first kappa shape index (κ1) is 30.0.